The predicted octanol–water partition coefficient (Wildman–Crippen LogP) is 4.84. The number of hydrogen-bond donors (Lipinski definition) is 2. The van der Waals surface area contributed by atoms with Crippen LogP contribution in [-0.2, 0) is 6.18 Å². The van der Waals surface area contributed by atoms with Crippen molar-refractivity contribution < 1.29 is 18.0 Å². The zero-order valence-electron chi connectivity index (χ0n) is 11.9. The summed E-state index contributed by atoms with van der Waals surface area (Å²) >= 11 is 7.20. The third kappa shape index (κ3) is 4.63. The minimum Gasteiger partial charge on any atom is -0.321 e. The van der Waals surface area contributed by atoms with E-state index in [1.54, 1.807) is 31.3 Å². The molecule has 0 aliphatic heterocycles. The highest BCUT2D eigenvalue weighted by Gasteiger charge is 2.31. The minimum atomic E-state index is -4.48. The van der Waals surface area contributed by atoms with Crippen LogP contribution >= 0.6 is 23.5 Å². The monoisotopic (exact) mass is 360 g/mol. The summed E-state index contributed by atoms with van der Waals surface area (Å²) in [6, 6.07) is 9.53. The molecule has 2 rings (SSSR count). The summed E-state index contributed by atoms with van der Waals surface area (Å²) in [5.41, 5.74) is -0.367. The van der Waals surface area contributed by atoms with Gasteiger partial charge in [0.15, 0.2) is 0 Å². The number of carbonyl (C=O) groups is 1. The van der Waals surface area contributed by atoms with E-state index < -0.39 is 17.6 Å². The number of hydrogen-bond acceptors (Lipinski definition) is 3. The summed E-state index contributed by atoms with van der Waals surface area (Å²) in [4.78, 5) is 13.0. The Balaban J connectivity index is 2.14. The standard InChI is InChI=1S/C15H12ClF3N2OS/c1-20-23-11-5-2-9(3-6-11)14(22)21-13-7-4-10(8-12(13)16)15(17,18)19/h2-8,20H,1H3,(H,21,22). The largest absolute Gasteiger partial charge is 0.416 e. The molecule has 2 aromatic rings. The third-order valence-corrected chi connectivity index (χ3v) is 3.91. The summed E-state index contributed by atoms with van der Waals surface area (Å²) in [6.45, 7) is 0. The minimum absolute atomic E-state index is 0.123. The van der Waals surface area contributed by atoms with E-state index in [2.05, 4.69) is 10.0 Å². The van der Waals surface area contributed by atoms with Crippen molar-refractivity contribution in [3.05, 3.63) is 58.6 Å². The molecule has 0 radical (unpaired) electrons. The molecule has 8 heteroatoms. The zero-order chi connectivity index (χ0) is 17.0. The molecular weight excluding hydrogens is 349 g/mol. The van der Waals surface area contributed by atoms with Gasteiger partial charge in [-0.1, -0.05) is 11.6 Å². The smallest absolute Gasteiger partial charge is 0.321 e. The molecule has 0 spiro atoms. The van der Waals surface area contributed by atoms with Gasteiger partial charge in [-0.3, -0.25) is 9.52 Å². The number of benzene rings is 2. The van der Waals surface area contributed by atoms with Crippen LogP contribution in [0.2, 0.25) is 5.02 Å². The van der Waals surface area contributed by atoms with Gasteiger partial charge in [0.2, 0.25) is 0 Å². The van der Waals surface area contributed by atoms with Gasteiger partial charge in [-0.15, -0.1) is 0 Å². The summed E-state index contributed by atoms with van der Waals surface area (Å²) in [5.74, 6) is -0.451. The molecule has 0 heterocycles. The first-order valence-corrected chi connectivity index (χ1v) is 7.62. The fourth-order valence-electron chi connectivity index (χ4n) is 1.78. The Morgan fingerprint density at radius 3 is 2.30 bits per heavy atom. The molecular formula is C15H12ClF3N2OS. The normalized spacial score (nSPS) is 11.3. The van der Waals surface area contributed by atoms with Crippen LogP contribution in [-0.4, -0.2) is 13.0 Å². The van der Waals surface area contributed by atoms with E-state index in [9.17, 15) is 18.0 Å². The molecule has 0 bridgehead atoms. The maximum absolute atomic E-state index is 12.6. The quantitative estimate of drug-likeness (QED) is 0.767. The Bertz CT molecular complexity index is 705. The highest BCUT2D eigenvalue weighted by Crippen LogP contribution is 2.33. The molecule has 0 aliphatic carbocycles. The van der Waals surface area contributed by atoms with E-state index >= 15 is 0 Å². The molecule has 23 heavy (non-hydrogen) atoms. The molecule has 0 unspecified atom stereocenters. The van der Waals surface area contributed by atoms with Crippen LogP contribution in [0.15, 0.2) is 47.4 Å². The summed E-state index contributed by atoms with van der Waals surface area (Å²) in [5, 5.41) is 2.33. The molecule has 2 N–H and O–H groups in total. The molecule has 0 atom stereocenters. The van der Waals surface area contributed by atoms with Gasteiger partial charge in [-0.05, 0) is 61.5 Å². The topological polar surface area (TPSA) is 41.1 Å². The van der Waals surface area contributed by atoms with E-state index in [0.717, 1.165) is 23.1 Å². The highest BCUT2D eigenvalue weighted by molar-refractivity contribution is 7.97. The fraction of sp³-hybridized carbons (Fsp3) is 0.133. The van der Waals surface area contributed by atoms with Gasteiger partial charge in [-0.2, -0.15) is 13.2 Å². The van der Waals surface area contributed by atoms with Gasteiger partial charge in [0.05, 0.1) is 16.3 Å². The lowest BCUT2D eigenvalue weighted by atomic mass is 10.1. The van der Waals surface area contributed by atoms with E-state index in [4.69, 9.17) is 11.6 Å². The SMILES string of the molecule is CNSc1ccc(C(=O)Nc2ccc(C(F)(F)F)cc2Cl)cc1. The Hall–Kier alpha value is -1.70. The third-order valence-electron chi connectivity index (χ3n) is 2.88. The van der Waals surface area contributed by atoms with E-state index in [0.29, 0.717) is 5.56 Å². The van der Waals surface area contributed by atoms with Crippen molar-refractivity contribution in [1.82, 2.24) is 4.72 Å². The van der Waals surface area contributed by atoms with Gasteiger partial charge in [0, 0.05) is 10.5 Å². The lowest BCUT2D eigenvalue weighted by Gasteiger charge is -2.11. The van der Waals surface area contributed by atoms with Crippen LogP contribution in [0.5, 0.6) is 0 Å². The first kappa shape index (κ1) is 17.7. The van der Waals surface area contributed by atoms with Crippen LogP contribution in [0.1, 0.15) is 15.9 Å². The maximum atomic E-state index is 12.6. The second kappa shape index (κ2) is 7.25. The molecule has 0 saturated heterocycles. The molecule has 0 aliphatic rings. The van der Waals surface area contributed by atoms with Crippen LogP contribution in [0.4, 0.5) is 18.9 Å². The van der Waals surface area contributed by atoms with Gasteiger partial charge >= 0.3 is 6.18 Å². The Morgan fingerprint density at radius 2 is 1.78 bits per heavy atom. The zero-order valence-corrected chi connectivity index (χ0v) is 13.4. The van der Waals surface area contributed by atoms with Crippen molar-refractivity contribution in [2.45, 2.75) is 11.1 Å². The second-order valence-corrected chi connectivity index (χ2v) is 5.97. The Labute approximate surface area is 140 Å². The average molecular weight is 361 g/mol. The van der Waals surface area contributed by atoms with Crippen LogP contribution < -0.4 is 10.0 Å². The predicted molar refractivity (Wildman–Crippen MR) is 85.8 cm³/mol. The van der Waals surface area contributed by atoms with Gasteiger partial charge in [-0.25, -0.2) is 0 Å². The number of nitrogens with one attached hydrogen (secondary N) is 2. The molecule has 0 fully saturated rings. The van der Waals surface area contributed by atoms with E-state index in [-0.39, 0.29) is 10.7 Å². The molecule has 3 nitrogen and oxygen atoms in total. The number of rotatable bonds is 4. The van der Waals surface area contributed by atoms with E-state index in [1.165, 1.54) is 11.9 Å². The molecule has 2 aromatic carbocycles. The van der Waals surface area contributed by atoms with Gasteiger partial charge in [0.1, 0.15) is 0 Å². The molecule has 122 valence electrons. The number of anilines is 1. The number of amides is 1. The van der Waals surface area contributed by atoms with Crippen LogP contribution in [0, 0.1) is 0 Å². The van der Waals surface area contributed by atoms with E-state index in [1.807, 2.05) is 0 Å². The van der Waals surface area contributed by atoms with Crippen LogP contribution in [0.3, 0.4) is 0 Å². The fourth-order valence-corrected chi connectivity index (χ4v) is 2.52. The summed E-state index contributed by atoms with van der Waals surface area (Å²) in [6.07, 6.45) is -4.48. The van der Waals surface area contributed by atoms with Crippen molar-refractivity contribution in [2.24, 2.45) is 0 Å². The summed E-state index contributed by atoms with van der Waals surface area (Å²) in [7, 11) is 1.78. The van der Waals surface area contributed by atoms with Crippen LogP contribution in [0.25, 0.3) is 0 Å². The van der Waals surface area contributed by atoms with Gasteiger partial charge < -0.3 is 5.32 Å². The summed E-state index contributed by atoms with van der Waals surface area (Å²) < 4.78 is 40.6. The average Bonchev–Trinajstić information content (AvgIpc) is 2.49. The molecule has 1 amide bonds. The first-order chi connectivity index (χ1) is 10.8. The molecule has 0 saturated carbocycles. The second-order valence-electron chi connectivity index (χ2n) is 4.48. The van der Waals surface area contributed by atoms with Crippen molar-refractivity contribution in [1.29, 1.82) is 0 Å². The molecule has 0 aromatic heterocycles. The highest BCUT2D eigenvalue weighted by atomic mass is 35.5. The number of alkyl halides is 3. The lowest BCUT2D eigenvalue weighted by Crippen LogP contribution is -2.13. The Kier molecular flexibility index (Phi) is 5.56. The maximum Gasteiger partial charge on any atom is 0.416 e. The Morgan fingerprint density at radius 1 is 1.13 bits per heavy atom. The first-order valence-electron chi connectivity index (χ1n) is 6.43. The van der Waals surface area contributed by atoms with Gasteiger partial charge in [0.25, 0.3) is 5.91 Å². The van der Waals surface area contributed by atoms with Crippen molar-refractivity contribution in [3.63, 3.8) is 0 Å². The number of halogens is 4. The van der Waals surface area contributed by atoms with Crippen molar-refractivity contribution in [3.8, 4) is 0 Å². The lowest BCUT2D eigenvalue weighted by molar-refractivity contribution is -0.137. The number of carbonyl (C=O) groups excluding carboxylic acids is 1. The van der Waals surface area contributed by atoms with Crippen molar-refractivity contribution in [2.75, 3.05) is 12.4 Å². The van der Waals surface area contributed by atoms with Crippen molar-refractivity contribution >= 4 is 35.1 Å².